The van der Waals surface area contributed by atoms with Crippen LogP contribution in [0.5, 0.6) is 0 Å². The monoisotopic (exact) mass is 330 g/mol. The fourth-order valence-corrected chi connectivity index (χ4v) is 3.17. The molecule has 0 bridgehead atoms. The molecule has 1 atom stereocenters. The Labute approximate surface area is 143 Å². The molecule has 1 aromatic carbocycles. The minimum atomic E-state index is 0.237. The Kier molecular flexibility index (Phi) is 7.07. The Bertz CT molecular complexity index is 606. The number of rotatable bonds is 7. The molecule has 0 fully saturated rings. The van der Waals surface area contributed by atoms with Crippen molar-refractivity contribution >= 4 is 17.3 Å². The molecular weight excluding hydrogens is 304 g/mol. The molecule has 2 rings (SSSR count). The van der Waals surface area contributed by atoms with E-state index in [1.54, 1.807) is 11.3 Å². The van der Waals surface area contributed by atoms with Crippen molar-refractivity contribution in [1.29, 1.82) is 0 Å². The SMILES string of the molecule is CN=C(NCCCCc1nc(C)cs1)NC(C)c1ccccc1. The molecule has 0 aliphatic carbocycles. The van der Waals surface area contributed by atoms with Crippen LogP contribution in [0.2, 0.25) is 0 Å². The van der Waals surface area contributed by atoms with Crippen LogP contribution in [-0.4, -0.2) is 24.5 Å². The highest BCUT2D eigenvalue weighted by atomic mass is 32.1. The lowest BCUT2D eigenvalue weighted by molar-refractivity contribution is 0.658. The second-order valence-corrected chi connectivity index (χ2v) is 6.56. The molecule has 0 aliphatic heterocycles. The van der Waals surface area contributed by atoms with Gasteiger partial charge in [-0.15, -0.1) is 11.3 Å². The van der Waals surface area contributed by atoms with Crippen LogP contribution in [0.15, 0.2) is 40.7 Å². The fourth-order valence-electron chi connectivity index (χ4n) is 2.35. The Hall–Kier alpha value is -1.88. The smallest absolute Gasteiger partial charge is 0.191 e. The maximum atomic E-state index is 4.49. The summed E-state index contributed by atoms with van der Waals surface area (Å²) in [5.41, 5.74) is 2.39. The van der Waals surface area contributed by atoms with E-state index < -0.39 is 0 Å². The number of hydrogen-bond donors (Lipinski definition) is 2. The largest absolute Gasteiger partial charge is 0.356 e. The minimum absolute atomic E-state index is 0.237. The van der Waals surface area contributed by atoms with E-state index in [1.165, 1.54) is 10.6 Å². The first kappa shape index (κ1) is 17.5. The number of aryl methyl sites for hydroxylation is 2. The van der Waals surface area contributed by atoms with Crippen molar-refractivity contribution in [1.82, 2.24) is 15.6 Å². The maximum absolute atomic E-state index is 4.49. The Balaban J connectivity index is 1.67. The third-order valence-corrected chi connectivity index (χ3v) is 4.68. The summed E-state index contributed by atoms with van der Waals surface area (Å²) in [5.74, 6) is 0.853. The fraction of sp³-hybridized carbons (Fsp3) is 0.444. The number of hydrogen-bond acceptors (Lipinski definition) is 3. The van der Waals surface area contributed by atoms with Crippen LogP contribution in [0, 0.1) is 6.92 Å². The van der Waals surface area contributed by atoms with Gasteiger partial charge in [0, 0.05) is 24.7 Å². The molecule has 1 unspecified atom stereocenters. The van der Waals surface area contributed by atoms with E-state index in [2.05, 4.69) is 57.2 Å². The Morgan fingerprint density at radius 3 is 2.70 bits per heavy atom. The highest BCUT2D eigenvalue weighted by molar-refractivity contribution is 7.09. The van der Waals surface area contributed by atoms with Crippen molar-refractivity contribution in [2.24, 2.45) is 4.99 Å². The highest BCUT2D eigenvalue weighted by Crippen LogP contribution is 2.12. The van der Waals surface area contributed by atoms with E-state index in [-0.39, 0.29) is 6.04 Å². The summed E-state index contributed by atoms with van der Waals surface area (Å²) in [6.45, 7) is 5.11. The van der Waals surface area contributed by atoms with Crippen LogP contribution in [-0.2, 0) is 6.42 Å². The molecule has 0 saturated heterocycles. The van der Waals surface area contributed by atoms with Crippen molar-refractivity contribution in [3.05, 3.63) is 52.0 Å². The predicted octanol–water partition coefficient (Wildman–Crippen LogP) is 3.70. The Morgan fingerprint density at radius 2 is 2.04 bits per heavy atom. The number of aromatic nitrogens is 1. The second-order valence-electron chi connectivity index (χ2n) is 5.62. The van der Waals surface area contributed by atoms with E-state index in [0.717, 1.165) is 37.5 Å². The molecular formula is C18H26N4S. The number of guanidine groups is 1. The van der Waals surface area contributed by atoms with Crippen LogP contribution in [0.3, 0.4) is 0 Å². The summed E-state index contributed by atoms with van der Waals surface area (Å²) in [6.07, 6.45) is 3.32. The van der Waals surface area contributed by atoms with Crippen molar-refractivity contribution in [3.63, 3.8) is 0 Å². The summed E-state index contributed by atoms with van der Waals surface area (Å²) in [5, 5.41) is 10.2. The maximum Gasteiger partial charge on any atom is 0.191 e. The number of nitrogens with zero attached hydrogens (tertiary/aromatic N) is 2. The molecule has 0 saturated carbocycles. The van der Waals surface area contributed by atoms with Crippen molar-refractivity contribution in [2.45, 2.75) is 39.2 Å². The molecule has 0 spiro atoms. The number of thiazole rings is 1. The van der Waals surface area contributed by atoms with Crippen LogP contribution >= 0.6 is 11.3 Å². The molecule has 1 aromatic heterocycles. The highest BCUT2D eigenvalue weighted by Gasteiger charge is 2.06. The van der Waals surface area contributed by atoms with E-state index in [9.17, 15) is 0 Å². The van der Waals surface area contributed by atoms with Gasteiger partial charge in [-0.3, -0.25) is 4.99 Å². The molecule has 2 aromatic rings. The molecule has 23 heavy (non-hydrogen) atoms. The van der Waals surface area contributed by atoms with Gasteiger partial charge in [0.1, 0.15) is 0 Å². The van der Waals surface area contributed by atoms with Crippen LogP contribution in [0.1, 0.15) is 42.1 Å². The van der Waals surface area contributed by atoms with E-state index >= 15 is 0 Å². The number of aliphatic imine (C=N–C) groups is 1. The standard InChI is InChI=1S/C18H26N4S/c1-14-13-23-17(21-14)11-7-8-12-20-18(19-3)22-15(2)16-9-5-4-6-10-16/h4-6,9-10,13,15H,7-8,11-12H2,1-3H3,(H2,19,20,22). The average molecular weight is 331 g/mol. The second kappa shape index (κ2) is 9.30. The topological polar surface area (TPSA) is 49.3 Å². The normalized spacial score (nSPS) is 12.9. The summed E-state index contributed by atoms with van der Waals surface area (Å²) in [4.78, 5) is 8.79. The summed E-state index contributed by atoms with van der Waals surface area (Å²) in [7, 11) is 1.81. The van der Waals surface area contributed by atoms with E-state index in [0.29, 0.717) is 0 Å². The lowest BCUT2D eigenvalue weighted by Crippen LogP contribution is -2.39. The van der Waals surface area contributed by atoms with Gasteiger partial charge in [0.15, 0.2) is 5.96 Å². The van der Waals surface area contributed by atoms with Crippen LogP contribution in [0.4, 0.5) is 0 Å². The summed E-state index contributed by atoms with van der Waals surface area (Å²) in [6, 6.07) is 10.6. The van der Waals surface area contributed by atoms with Gasteiger partial charge in [-0.2, -0.15) is 0 Å². The third kappa shape index (κ3) is 6.02. The number of nitrogens with one attached hydrogen (secondary N) is 2. The third-order valence-electron chi connectivity index (χ3n) is 3.65. The van der Waals surface area contributed by atoms with Crippen molar-refractivity contribution in [2.75, 3.05) is 13.6 Å². The first-order valence-corrected chi connectivity index (χ1v) is 9.00. The lowest BCUT2D eigenvalue weighted by Gasteiger charge is -2.18. The van der Waals surface area contributed by atoms with E-state index in [4.69, 9.17) is 0 Å². The lowest BCUT2D eigenvalue weighted by atomic mass is 10.1. The zero-order valence-electron chi connectivity index (χ0n) is 14.2. The molecule has 124 valence electrons. The van der Waals surface area contributed by atoms with Gasteiger partial charge in [-0.25, -0.2) is 4.98 Å². The predicted molar refractivity (Wildman–Crippen MR) is 99.1 cm³/mol. The molecule has 0 aliphatic rings. The van der Waals surface area contributed by atoms with Gasteiger partial charge in [-0.05, 0) is 38.7 Å². The zero-order chi connectivity index (χ0) is 16.5. The van der Waals surface area contributed by atoms with Gasteiger partial charge in [-0.1, -0.05) is 30.3 Å². The summed E-state index contributed by atoms with van der Waals surface area (Å²) >= 11 is 1.76. The van der Waals surface area contributed by atoms with Gasteiger partial charge in [0.2, 0.25) is 0 Å². The van der Waals surface area contributed by atoms with Gasteiger partial charge >= 0.3 is 0 Å². The molecule has 0 radical (unpaired) electrons. The van der Waals surface area contributed by atoms with Gasteiger partial charge in [0.25, 0.3) is 0 Å². The zero-order valence-corrected chi connectivity index (χ0v) is 15.0. The number of unbranched alkanes of at least 4 members (excludes halogenated alkanes) is 1. The van der Waals surface area contributed by atoms with Crippen molar-refractivity contribution < 1.29 is 0 Å². The van der Waals surface area contributed by atoms with Gasteiger partial charge in [0.05, 0.1) is 11.0 Å². The molecule has 4 nitrogen and oxygen atoms in total. The first-order chi connectivity index (χ1) is 11.2. The van der Waals surface area contributed by atoms with Crippen LogP contribution in [0.25, 0.3) is 0 Å². The minimum Gasteiger partial charge on any atom is -0.356 e. The number of benzene rings is 1. The quantitative estimate of drug-likeness (QED) is 0.462. The molecule has 5 heteroatoms. The first-order valence-electron chi connectivity index (χ1n) is 8.12. The van der Waals surface area contributed by atoms with Crippen LogP contribution < -0.4 is 10.6 Å². The summed E-state index contributed by atoms with van der Waals surface area (Å²) < 4.78 is 0. The average Bonchev–Trinajstić information content (AvgIpc) is 2.99. The van der Waals surface area contributed by atoms with E-state index in [1.807, 2.05) is 20.0 Å². The molecule has 2 N–H and O–H groups in total. The Morgan fingerprint density at radius 1 is 1.26 bits per heavy atom. The molecule has 0 amide bonds. The van der Waals surface area contributed by atoms with Crippen molar-refractivity contribution in [3.8, 4) is 0 Å². The molecule has 1 heterocycles. The van der Waals surface area contributed by atoms with Gasteiger partial charge < -0.3 is 10.6 Å².